The fourth-order valence-corrected chi connectivity index (χ4v) is 2.91. The molecule has 0 aromatic heterocycles. The molecule has 0 radical (unpaired) electrons. The number of benzene rings is 1. The summed E-state index contributed by atoms with van der Waals surface area (Å²) in [5.74, 6) is 0. The molecule has 0 amide bonds. The Labute approximate surface area is 114 Å². The fourth-order valence-electron chi connectivity index (χ4n) is 1.85. The lowest BCUT2D eigenvalue weighted by atomic mass is 10.0. The van der Waals surface area contributed by atoms with E-state index in [2.05, 4.69) is 0 Å². The molecule has 19 heavy (non-hydrogen) atoms. The molecule has 6 N–H and O–H groups in total. The third-order valence-corrected chi connectivity index (χ3v) is 4.15. The molecular weight excluding hydrogens is 270 g/mol. The Hall–Kier alpha value is -0.830. The first kappa shape index (κ1) is 14.6. The molecule has 7 heteroatoms. The van der Waals surface area contributed by atoms with Crippen LogP contribution in [0.5, 0.6) is 0 Å². The van der Waals surface area contributed by atoms with Crippen LogP contribution in [0.2, 0.25) is 0 Å². The zero-order valence-electron chi connectivity index (χ0n) is 10.1. The molecule has 0 saturated carbocycles. The molecule has 1 aromatic rings. The molecule has 5 atom stereocenters. The van der Waals surface area contributed by atoms with Gasteiger partial charge < -0.3 is 30.9 Å². The molecule has 2 rings (SSSR count). The van der Waals surface area contributed by atoms with Gasteiger partial charge in [0.05, 0.1) is 6.61 Å². The van der Waals surface area contributed by atoms with Crippen molar-refractivity contribution in [2.75, 3.05) is 12.3 Å². The normalized spacial score (nSPS) is 35.3. The summed E-state index contributed by atoms with van der Waals surface area (Å²) in [6.45, 7) is -0.427. The van der Waals surface area contributed by atoms with Crippen molar-refractivity contribution in [3.63, 3.8) is 0 Å². The minimum atomic E-state index is -1.35. The molecule has 6 nitrogen and oxygen atoms in total. The summed E-state index contributed by atoms with van der Waals surface area (Å²) in [7, 11) is 0. The first-order chi connectivity index (χ1) is 9.02. The fraction of sp³-hybridized carbons (Fsp3) is 0.500. The minimum absolute atomic E-state index is 0.427. The number of anilines is 1. The summed E-state index contributed by atoms with van der Waals surface area (Å²) in [6, 6.07) is 6.96. The van der Waals surface area contributed by atoms with Crippen LogP contribution >= 0.6 is 11.8 Å². The average Bonchev–Trinajstić information content (AvgIpc) is 2.42. The SMILES string of the molecule is Nc1ccc(S[C@@H]2O[C@H](CO)[C@H](O)[C@H](O)[C@@H]2O)cc1. The second kappa shape index (κ2) is 6.08. The van der Waals surface area contributed by atoms with Gasteiger partial charge in [0.2, 0.25) is 0 Å². The van der Waals surface area contributed by atoms with Crippen LogP contribution in [-0.2, 0) is 4.74 Å². The Kier molecular flexibility index (Phi) is 4.67. The van der Waals surface area contributed by atoms with Gasteiger partial charge in [-0.15, -0.1) is 0 Å². The van der Waals surface area contributed by atoms with Crippen molar-refractivity contribution in [1.82, 2.24) is 0 Å². The van der Waals surface area contributed by atoms with E-state index in [1.807, 2.05) is 0 Å². The van der Waals surface area contributed by atoms with Crippen LogP contribution in [0.15, 0.2) is 29.2 Å². The zero-order chi connectivity index (χ0) is 14.0. The molecule has 1 aliphatic rings. The zero-order valence-corrected chi connectivity index (χ0v) is 10.9. The third-order valence-electron chi connectivity index (χ3n) is 2.98. The van der Waals surface area contributed by atoms with E-state index in [9.17, 15) is 15.3 Å². The predicted octanol–water partition coefficient (Wildman–Crippen LogP) is -0.839. The Bertz CT molecular complexity index is 413. The standard InChI is InChI=1S/C12H17NO5S/c13-6-1-3-7(4-2-6)19-12-11(17)10(16)9(15)8(5-14)18-12/h1-4,8-12,14-17H,5,13H2/t8-,9+,10+,11+,12+/m1/s1. The molecule has 0 spiro atoms. The lowest BCUT2D eigenvalue weighted by Gasteiger charge is -2.39. The number of aliphatic hydroxyl groups excluding tert-OH is 4. The lowest BCUT2D eigenvalue weighted by Crippen LogP contribution is -2.57. The lowest BCUT2D eigenvalue weighted by molar-refractivity contribution is -0.205. The summed E-state index contributed by atoms with van der Waals surface area (Å²) in [5, 5.41) is 38.3. The highest BCUT2D eigenvalue weighted by molar-refractivity contribution is 7.99. The first-order valence-corrected chi connectivity index (χ1v) is 6.73. The van der Waals surface area contributed by atoms with Gasteiger partial charge in [0.1, 0.15) is 29.9 Å². The van der Waals surface area contributed by atoms with Crippen LogP contribution in [0, 0.1) is 0 Å². The van der Waals surface area contributed by atoms with Crippen LogP contribution in [0.25, 0.3) is 0 Å². The monoisotopic (exact) mass is 287 g/mol. The Morgan fingerprint density at radius 2 is 1.68 bits per heavy atom. The summed E-state index contributed by atoms with van der Waals surface area (Å²) < 4.78 is 5.39. The highest BCUT2D eigenvalue weighted by Crippen LogP contribution is 2.33. The van der Waals surface area contributed by atoms with Crippen molar-refractivity contribution in [2.24, 2.45) is 0 Å². The van der Waals surface area contributed by atoms with E-state index < -0.39 is 36.5 Å². The van der Waals surface area contributed by atoms with Crippen molar-refractivity contribution in [3.05, 3.63) is 24.3 Å². The molecule has 1 aliphatic heterocycles. The van der Waals surface area contributed by atoms with E-state index >= 15 is 0 Å². The second-order valence-corrected chi connectivity index (χ2v) is 5.56. The van der Waals surface area contributed by atoms with Gasteiger partial charge in [0.15, 0.2) is 0 Å². The molecule has 1 saturated heterocycles. The predicted molar refractivity (Wildman–Crippen MR) is 70.5 cm³/mol. The Balaban J connectivity index is 2.08. The van der Waals surface area contributed by atoms with Gasteiger partial charge in [-0.1, -0.05) is 11.8 Å². The van der Waals surface area contributed by atoms with Crippen LogP contribution in [0.4, 0.5) is 5.69 Å². The van der Waals surface area contributed by atoms with E-state index in [1.165, 1.54) is 11.8 Å². The second-order valence-electron chi connectivity index (χ2n) is 4.38. The van der Waals surface area contributed by atoms with E-state index in [0.29, 0.717) is 5.69 Å². The molecule has 0 aliphatic carbocycles. The van der Waals surface area contributed by atoms with Crippen LogP contribution in [0.3, 0.4) is 0 Å². The number of rotatable bonds is 3. The van der Waals surface area contributed by atoms with Crippen LogP contribution < -0.4 is 5.73 Å². The number of aliphatic hydroxyl groups is 4. The molecule has 0 unspecified atom stereocenters. The van der Waals surface area contributed by atoms with Gasteiger partial charge in [-0.2, -0.15) is 0 Å². The molecule has 1 heterocycles. The van der Waals surface area contributed by atoms with Gasteiger partial charge >= 0.3 is 0 Å². The summed E-state index contributed by atoms with van der Waals surface area (Å²) in [4.78, 5) is 0.804. The summed E-state index contributed by atoms with van der Waals surface area (Å²) >= 11 is 1.20. The highest BCUT2D eigenvalue weighted by Gasteiger charge is 2.43. The number of nitrogens with two attached hydrogens (primary N) is 1. The summed E-state index contributed by atoms with van der Waals surface area (Å²) in [5.41, 5.74) is 5.43. The van der Waals surface area contributed by atoms with E-state index in [4.69, 9.17) is 15.6 Å². The Morgan fingerprint density at radius 1 is 1.05 bits per heavy atom. The van der Waals surface area contributed by atoms with E-state index in [1.54, 1.807) is 24.3 Å². The van der Waals surface area contributed by atoms with Crippen molar-refractivity contribution < 1.29 is 25.2 Å². The van der Waals surface area contributed by atoms with Gasteiger partial charge in [-0.3, -0.25) is 0 Å². The maximum absolute atomic E-state index is 9.87. The van der Waals surface area contributed by atoms with Crippen molar-refractivity contribution >= 4 is 17.4 Å². The first-order valence-electron chi connectivity index (χ1n) is 5.85. The number of ether oxygens (including phenoxy) is 1. The van der Waals surface area contributed by atoms with Crippen molar-refractivity contribution in [1.29, 1.82) is 0 Å². The molecular formula is C12H17NO5S. The maximum Gasteiger partial charge on any atom is 0.136 e. The van der Waals surface area contributed by atoms with Crippen LogP contribution in [-0.4, -0.2) is 56.9 Å². The van der Waals surface area contributed by atoms with Gasteiger partial charge in [-0.05, 0) is 24.3 Å². The average molecular weight is 287 g/mol. The van der Waals surface area contributed by atoms with Gasteiger partial charge in [-0.25, -0.2) is 0 Å². The smallest absolute Gasteiger partial charge is 0.136 e. The number of nitrogen functional groups attached to an aromatic ring is 1. The molecule has 1 fully saturated rings. The minimum Gasteiger partial charge on any atom is -0.399 e. The third kappa shape index (κ3) is 3.19. The summed E-state index contributed by atoms with van der Waals surface area (Å²) in [6.07, 6.45) is -4.80. The highest BCUT2D eigenvalue weighted by atomic mass is 32.2. The van der Waals surface area contributed by atoms with Gasteiger partial charge in [0.25, 0.3) is 0 Å². The molecule has 1 aromatic carbocycles. The molecule has 106 valence electrons. The van der Waals surface area contributed by atoms with E-state index in [0.717, 1.165) is 4.90 Å². The largest absolute Gasteiger partial charge is 0.399 e. The number of hydrogen-bond donors (Lipinski definition) is 5. The number of thioether (sulfide) groups is 1. The van der Waals surface area contributed by atoms with Crippen molar-refractivity contribution in [2.45, 2.75) is 34.7 Å². The van der Waals surface area contributed by atoms with Crippen LogP contribution in [0.1, 0.15) is 0 Å². The Morgan fingerprint density at radius 3 is 2.26 bits per heavy atom. The van der Waals surface area contributed by atoms with E-state index in [-0.39, 0.29) is 0 Å². The quantitative estimate of drug-likeness (QED) is 0.460. The topological polar surface area (TPSA) is 116 Å². The van der Waals surface area contributed by atoms with Gasteiger partial charge in [0, 0.05) is 10.6 Å². The number of hydrogen-bond acceptors (Lipinski definition) is 7. The maximum atomic E-state index is 9.87. The molecule has 0 bridgehead atoms. The van der Waals surface area contributed by atoms with Crippen molar-refractivity contribution in [3.8, 4) is 0 Å².